The van der Waals surface area contributed by atoms with Crippen LogP contribution in [0.2, 0.25) is 0 Å². The third kappa shape index (κ3) is 3.56. The second-order valence-electron chi connectivity index (χ2n) is 7.72. The van der Waals surface area contributed by atoms with Crippen LogP contribution in [0.25, 0.3) is 0 Å². The number of fused-ring (bicyclic) bond motifs is 5. The van der Waals surface area contributed by atoms with Crippen molar-refractivity contribution in [2.45, 2.75) is 50.5 Å². The number of aryl methyl sites for hydroxylation is 1. The average molecular weight is 388 g/mol. The van der Waals surface area contributed by atoms with Crippen LogP contribution in [0.15, 0.2) is 36.4 Å². The first-order valence-electron chi connectivity index (χ1n) is 8.82. The molecule has 0 saturated heterocycles. The molecule has 0 unspecified atom stereocenters. The van der Waals surface area contributed by atoms with Crippen molar-refractivity contribution in [1.82, 2.24) is 0 Å². The Bertz CT molecular complexity index is 800. The maximum atomic E-state index is 10.7. The Morgan fingerprint density at radius 3 is 2.50 bits per heavy atom. The molecule has 0 aliphatic heterocycles. The molecule has 3 aliphatic carbocycles. The van der Waals surface area contributed by atoms with Crippen molar-refractivity contribution in [2.24, 2.45) is 17.3 Å². The van der Waals surface area contributed by atoms with E-state index in [0.29, 0.717) is 5.41 Å². The van der Waals surface area contributed by atoms with E-state index >= 15 is 0 Å². The third-order valence-electron chi connectivity index (χ3n) is 6.26. The molecule has 4 atom stereocenters. The molecule has 0 bridgehead atoms. The SMILES string of the molecule is C[C@@]12C=CC[C@H]1[C@@H]1CCc3ccccc3[C@H]1CC2.O=S(=O)(O)C(F)(F)F. The monoisotopic (exact) mass is 388 g/mol. The van der Waals surface area contributed by atoms with Crippen molar-refractivity contribution in [2.75, 3.05) is 0 Å². The van der Waals surface area contributed by atoms with Crippen LogP contribution in [0.5, 0.6) is 0 Å². The van der Waals surface area contributed by atoms with E-state index < -0.39 is 15.6 Å². The molecule has 1 N–H and O–H groups in total. The van der Waals surface area contributed by atoms with Gasteiger partial charge in [-0.1, -0.05) is 43.3 Å². The van der Waals surface area contributed by atoms with Gasteiger partial charge in [0, 0.05) is 0 Å². The molecule has 1 aromatic carbocycles. The number of benzene rings is 1. The molecular formula is C19H23F3O3S. The Kier molecular flexibility index (Phi) is 4.99. The molecule has 0 radical (unpaired) electrons. The highest BCUT2D eigenvalue weighted by Gasteiger charge is 2.48. The lowest BCUT2D eigenvalue weighted by Gasteiger charge is -2.49. The summed E-state index contributed by atoms with van der Waals surface area (Å²) in [5.74, 6) is 2.71. The zero-order chi connectivity index (χ0) is 19.2. The summed E-state index contributed by atoms with van der Waals surface area (Å²) in [6.45, 7) is 2.50. The third-order valence-corrected chi connectivity index (χ3v) is 6.84. The number of rotatable bonds is 0. The Morgan fingerprint density at radius 1 is 1.19 bits per heavy atom. The van der Waals surface area contributed by atoms with Gasteiger partial charge in [-0.05, 0) is 66.4 Å². The minimum atomic E-state index is -5.84. The Labute approximate surface area is 152 Å². The Morgan fingerprint density at radius 2 is 1.85 bits per heavy atom. The van der Waals surface area contributed by atoms with Crippen LogP contribution >= 0.6 is 0 Å². The molecule has 1 fully saturated rings. The summed E-state index contributed by atoms with van der Waals surface area (Å²) in [5, 5.41) is 0. The average Bonchev–Trinajstić information content (AvgIpc) is 2.95. The Balaban J connectivity index is 0.000000211. The van der Waals surface area contributed by atoms with Gasteiger partial charge in [0.05, 0.1) is 0 Å². The van der Waals surface area contributed by atoms with E-state index in [1.165, 1.54) is 32.1 Å². The molecule has 3 nitrogen and oxygen atoms in total. The van der Waals surface area contributed by atoms with Gasteiger partial charge in [0.2, 0.25) is 0 Å². The number of hydrogen-bond donors (Lipinski definition) is 1. The number of allylic oxidation sites excluding steroid dienone is 2. The quantitative estimate of drug-likeness (QED) is 0.382. The summed E-state index contributed by atoms with van der Waals surface area (Å²) in [6, 6.07) is 9.20. The van der Waals surface area contributed by atoms with E-state index in [9.17, 15) is 13.2 Å². The molecule has 0 amide bonds. The first-order chi connectivity index (χ1) is 12.0. The molecule has 0 aromatic heterocycles. The maximum Gasteiger partial charge on any atom is 0.522 e. The first-order valence-corrected chi connectivity index (χ1v) is 10.3. The summed E-state index contributed by atoms with van der Waals surface area (Å²) < 4.78 is 57.5. The van der Waals surface area contributed by atoms with Crippen molar-refractivity contribution in [3.05, 3.63) is 47.5 Å². The predicted octanol–water partition coefficient (Wildman–Crippen LogP) is 5.10. The number of hydrogen-bond acceptors (Lipinski definition) is 2. The van der Waals surface area contributed by atoms with Crippen LogP contribution in [-0.4, -0.2) is 18.5 Å². The molecule has 0 spiro atoms. The molecule has 0 heterocycles. The summed E-state index contributed by atoms with van der Waals surface area (Å²) in [5.41, 5.74) is -1.70. The van der Waals surface area contributed by atoms with Crippen molar-refractivity contribution in [1.29, 1.82) is 0 Å². The molecule has 3 aliphatic rings. The lowest BCUT2D eigenvalue weighted by atomic mass is 9.56. The molecule has 7 heteroatoms. The van der Waals surface area contributed by atoms with Gasteiger partial charge in [-0.25, -0.2) is 0 Å². The van der Waals surface area contributed by atoms with Gasteiger partial charge >= 0.3 is 15.6 Å². The predicted molar refractivity (Wildman–Crippen MR) is 93.2 cm³/mol. The van der Waals surface area contributed by atoms with Crippen LogP contribution in [0, 0.1) is 17.3 Å². The Hall–Kier alpha value is -1.34. The molecule has 26 heavy (non-hydrogen) atoms. The second kappa shape index (κ2) is 6.68. The standard InChI is InChI=1S/C18H22.CHF3O3S/c1-18-11-4-7-17(18)16-9-8-13-5-2-3-6-14(13)15(16)10-12-18;2-1(3,4)8(5,6)7/h2-6,11,15-17H,7-10,12H2,1H3;(H,5,6,7)/t15-,16-,17+,18+;/m1./s1. The van der Waals surface area contributed by atoms with Crippen LogP contribution in [0.4, 0.5) is 13.2 Å². The van der Waals surface area contributed by atoms with Crippen LogP contribution in [0.1, 0.15) is 49.7 Å². The molecule has 1 aromatic rings. The fraction of sp³-hybridized carbons (Fsp3) is 0.579. The number of alkyl halides is 3. The van der Waals surface area contributed by atoms with E-state index in [1.807, 2.05) is 0 Å². The van der Waals surface area contributed by atoms with Gasteiger partial charge in [0.25, 0.3) is 0 Å². The lowest BCUT2D eigenvalue weighted by molar-refractivity contribution is -0.0510. The van der Waals surface area contributed by atoms with Crippen LogP contribution < -0.4 is 0 Å². The summed E-state index contributed by atoms with van der Waals surface area (Å²) in [6.07, 6.45) is 11.8. The lowest BCUT2D eigenvalue weighted by Crippen LogP contribution is -2.39. The second-order valence-corrected chi connectivity index (χ2v) is 9.13. The smallest absolute Gasteiger partial charge is 0.279 e. The van der Waals surface area contributed by atoms with Crippen molar-refractivity contribution in [3.63, 3.8) is 0 Å². The normalized spacial score (nSPS) is 32.7. The minimum Gasteiger partial charge on any atom is -0.279 e. The first kappa shape index (κ1) is 19.4. The topological polar surface area (TPSA) is 54.4 Å². The highest BCUT2D eigenvalue weighted by molar-refractivity contribution is 7.86. The van der Waals surface area contributed by atoms with Gasteiger partial charge in [0.1, 0.15) is 0 Å². The fourth-order valence-corrected chi connectivity index (χ4v) is 5.00. The molecule has 4 rings (SSSR count). The van der Waals surface area contributed by atoms with Gasteiger partial charge in [-0.2, -0.15) is 21.6 Å². The molecule has 1 saturated carbocycles. The zero-order valence-electron chi connectivity index (χ0n) is 14.5. The van der Waals surface area contributed by atoms with Crippen LogP contribution in [0.3, 0.4) is 0 Å². The van der Waals surface area contributed by atoms with Crippen molar-refractivity contribution in [3.8, 4) is 0 Å². The van der Waals surface area contributed by atoms with Gasteiger partial charge < -0.3 is 0 Å². The van der Waals surface area contributed by atoms with Crippen molar-refractivity contribution >= 4 is 10.1 Å². The fourth-order valence-electron chi connectivity index (χ4n) is 5.00. The van der Waals surface area contributed by atoms with E-state index in [-0.39, 0.29) is 0 Å². The minimum absolute atomic E-state index is 0.521. The molecule has 144 valence electrons. The zero-order valence-corrected chi connectivity index (χ0v) is 15.4. The van der Waals surface area contributed by atoms with E-state index in [4.69, 9.17) is 13.0 Å². The van der Waals surface area contributed by atoms with E-state index in [1.54, 1.807) is 11.1 Å². The maximum absolute atomic E-state index is 10.7. The van der Waals surface area contributed by atoms with Crippen molar-refractivity contribution < 1.29 is 26.1 Å². The highest BCUT2D eigenvalue weighted by Crippen LogP contribution is 2.58. The van der Waals surface area contributed by atoms with E-state index in [2.05, 4.69) is 43.3 Å². The van der Waals surface area contributed by atoms with Gasteiger partial charge in [-0.15, -0.1) is 0 Å². The van der Waals surface area contributed by atoms with Crippen LogP contribution in [-0.2, 0) is 16.5 Å². The van der Waals surface area contributed by atoms with Gasteiger partial charge in [0.15, 0.2) is 0 Å². The summed E-state index contributed by atoms with van der Waals surface area (Å²) in [7, 11) is -5.84. The largest absolute Gasteiger partial charge is 0.522 e. The molecular weight excluding hydrogens is 365 g/mol. The van der Waals surface area contributed by atoms with Gasteiger partial charge in [-0.3, -0.25) is 4.55 Å². The highest BCUT2D eigenvalue weighted by atomic mass is 32.2. The van der Waals surface area contributed by atoms with E-state index in [0.717, 1.165) is 17.8 Å². The number of halogens is 3. The summed E-state index contributed by atoms with van der Waals surface area (Å²) >= 11 is 0. The summed E-state index contributed by atoms with van der Waals surface area (Å²) in [4.78, 5) is 0.